The molecule has 9 heteroatoms. The van der Waals surface area contributed by atoms with Crippen LogP contribution in [0.2, 0.25) is 10.0 Å². The largest absolute Gasteiger partial charge is 0.457 e. The second-order valence-electron chi connectivity index (χ2n) is 7.87. The lowest BCUT2D eigenvalue weighted by molar-refractivity contribution is -0.117. The van der Waals surface area contributed by atoms with E-state index in [9.17, 15) is 13.2 Å². The number of nitrogens with one attached hydrogen (secondary N) is 2. The molecular formula is C27H22Cl2N2O4S. The molecule has 0 aliphatic rings. The number of benzene rings is 4. The lowest BCUT2D eigenvalue weighted by Gasteiger charge is -2.19. The summed E-state index contributed by atoms with van der Waals surface area (Å²) in [5.41, 5.74) is 1.27. The number of carbonyl (C=O) groups excluding carboxylic acids is 1. The van der Waals surface area contributed by atoms with Crippen LogP contribution < -0.4 is 14.8 Å². The Hall–Kier alpha value is -3.36. The topological polar surface area (TPSA) is 84.5 Å². The van der Waals surface area contributed by atoms with E-state index in [-0.39, 0.29) is 21.4 Å². The molecule has 4 rings (SSSR count). The van der Waals surface area contributed by atoms with E-state index in [0.717, 1.165) is 5.56 Å². The Morgan fingerprint density at radius 2 is 1.42 bits per heavy atom. The van der Waals surface area contributed by atoms with Crippen LogP contribution in [0.5, 0.6) is 11.5 Å². The molecule has 1 atom stereocenters. The summed E-state index contributed by atoms with van der Waals surface area (Å²) >= 11 is 12.1. The second-order valence-corrected chi connectivity index (χ2v) is 10.4. The van der Waals surface area contributed by atoms with Crippen molar-refractivity contribution < 1.29 is 17.9 Å². The fourth-order valence-corrected chi connectivity index (χ4v) is 5.39. The van der Waals surface area contributed by atoms with Crippen LogP contribution in [-0.4, -0.2) is 20.4 Å². The number of anilines is 1. The summed E-state index contributed by atoms with van der Waals surface area (Å²) in [5.74, 6) is 0.750. The predicted molar refractivity (Wildman–Crippen MR) is 142 cm³/mol. The quantitative estimate of drug-likeness (QED) is 0.260. The van der Waals surface area contributed by atoms with Gasteiger partial charge in [-0.2, -0.15) is 4.72 Å². The van der Waals surface area contributed by atoms with Gasteiger partial charge in [-0.1, -0.05) is 71.7 Å². The van der Waals surface area contributed by atoms with E-state index >= 15 is 0 Å². The second kappa shape index (κ2) is 11.6. The van der Waals surface area contributed by atoms with E-state index in [1.807, 2.05) is 60.7 Å². The Bertz CT molecular complexity index is 1430. The number of para-hydroxylation sites is 1. The average Bonchev–Trinajstić information content (AvgIpc) is 2.87. The molecule has 2 N–H and O–H groups in total. The molecule has 0 spiro atoms. The van der Waals surface area contributed by atoms with Crippen molar-refractivity contribution in [2.75, 3.05) is 5.32 Å². The van der Waals surface area contributed by atoms with Crippen molar-refractivity contribution in [1.29, 1.82) is 0 Å². The zero-order valence-electron chi connectivity index (χ0n) is 18.9. The van der Waals surface area contributed by atoms with Gasteiger partial charge in [0.05, 0.1) is 5.02 Å². The smallest absolute Gasteiger partial charge is 0.242 e. The van der Waals surface area contributed by atoms with Gasteiger partial charge in [0.15, 0.2) is 0 Å². The average molecular weight is 541 g/mol. The molecule has 0 unspecified atom stereocenters. The molecule has 0 aliphatic carbocycles. The summed E-state index contributed by atoms with van der Waals surface area (Å²) in [6, 6.07) is 28.2. The van der Waals surface area contributed by atoms with E-state index in [1.165, 1.54) is 18.2 Å². The first-order valence-corrected chi connectivity index (χ1v) is 13.2. The molecule has 184 valence electrons. The number of rotatable bonds is 9. The third-order valence-electron chi connectivity index (χ3n) is 5.18. The Morgan fingerprint density at radius 1 is 0.806 bits per heavy atom. The molecule has 0 saturated carbocycles. The van der Waals surface area contributed by atoms with E-state index in [4.69, 9.17) is 27.9 Å². The molecule has 0 fully saturated rings. The van der Waals surface area contributed by atoms with E-state index in [2.05, 4.69) is 10.0 Å². The molecule has 0 heterocycles. The summed E-state index contributed by atoms with van der Waals surface area (Å²) in [6.07, 6.45) is 0.124. The molecule has 0 aromatic heterocycles. The number of hydrogen-bond acceptors (Lipinski definition) is 4. The Morgan fingerprint density at radius 3 is 2.08 bits per heavy atom. The standard InChI is InChI=1S/C27H22Cl2N2O4S/c28-20-11-16-24(29)26(18-20)36(33,34)31-25(17-19-7-3-1-4-8-19)27(32)30-21-12-14-23(15-13-21)35-22-9-5-2-6-10-22/h1-16,18,25,31H,17H2,(H,30,32)/t25-/m0/s1. The highest BCUT2D eigenvalue weighted by Gasteiger charge is 2.28. The fraction of sp³-hybridized carbons (Fsp3) is 0.0741. The Labute approximate surface area is 219 Å². The van der Waals surface area contributed by atoms with Gasteiger partial charge < -0.3 is 10.1 Å². The number of ether oxygens (including phenoxy) is 1. The highest BCUT2D eigenvalue weighted by molar-refractivity contribution is 7.89. The molecular weight excluding hydrogens is 519 g/mol. The first-order valence-electron chi connectivity index (χ1n) is 11.0. The molecule has 4 aromatic rings. The van der Waals surface area contributed by atoms with Crippen LogP contribution in [-0.2, 0) is 21.2 Å². The highest BCUT2D eigenvalue weighted by atomic mass is 35.5. The van der Waals surface area contributed by atoms with Crippen molar-refractivity contribution in [3.05, 3.63) is 119 Å². The first-order chi connectivity index (χ1) is 17.3. The summed E-state index contributed by atoms with van der Waals surface area (Å²) in [6.45, 7) is 0. The van der Waals surface area contributed by atoms with Crippen LogP contribution in [0.4, 0.5) is 5.69 Å². The van der Waals surface area contributed by atoms with Crippen LogP contribution in [0.25, 0.3) is 0 Å². The summed E-state index contributed by atoms with van der Waals surface area (Å²) in [4.78, 5) is 13.0. The van der Waals surface area contributed by atoms with Crippen LogP contribution in [0.1, 0.15) is 5.56 Å². The van der Waals surface area contributed by atoms with Crippen molar-refractivity contribution in [2.45, 2.75) is 17.4 Å². The van der Waals surface area contributed by atoms with E-state index < -0.39 is 22.0 Å². The van der Waals surface area contributed by atoms with Crippen molar-refractivity contribution in [3.63, 3.8) is 0 Å². The minimum atomic E-state index is -4.16. The molecule has 0 aliphatic heterocycles. The van der Waals surface area contributed by atoms with Crippen LogP contribution in [0.3, 0.4) is 0 Å². The first kappa shape index (κ1) is 25.7. The van der Waals surface area contributed by atoms with Gasteiger partial charge >= 0.3 is 0 Å². The van der Waals surface area contributed by atoms with Crippen LogP contribution in [0.15, 0.2) is 108 Å². The lowest BCUT2D eigenvalue weighted by atomic mass is 10.1. The normalized spacial score (nSPS) is 12.1. The number of hydrogen-bond donors (Lipinski definition) is 2. The maximum Gasteiger partial charge on any atom is 0.242 e. The molecule has 4 aromatic carbocycles. The maximum atomic E-state index is 13.2. The van der Waals surface area contributed by atoms with Gasteiger partial charge in [-0.15, -0.1) is 0 Å². The van der Waals surface area contributed by atoms with Crippen molar-refractivity contribution >= 4 is 44.8 Å². The van der Waals surface area contributed by atoms with Crippen molar-refractivity contribution in [2.24, 2.45) is 0 Å². The van der Waals surface area contributed by atoms with Gasteiger partial charge in [0.2, 0.25) is 15.9 Å². The minimum absolute atomic E-state index is 0.000209. The summed E-state index contributed by atoms with van der Waals surface area (Å²) in [7, 11) is -4.16. The van der Waals surface area contributed by atoms with Gasteiger partial charge in [-0.05, 0) is 66.6 Å². The SMILES string of the molecule is O=C(Nc1ccc(Oc2ccccc2)cc1)[C@H](Cc1ccccc1)NS(=O)(=O)c1cc(Cl)ccc1Cl. The van der Waals surface area contributed by atoms with Gasteiger partial charge in [-0.3, -0.25) is 4.79 Å². The van der Waals surface area contributed by atoms with E-state index in [1.54, 1.807) is 24.3 Å². The molecule has 0 bridgehead atoms. The van der Waals surface area contributed by atoms with Crippen LogP contribution in [0, 0.1) is 0 Å². The highest BCUT2D eigenvalue weighted by Crippen LogP contribution is 2.26. The zero-order valence-corrected chi connectivity index (χ0v) is 21.2. The Balaban J connectivity index is 1.53. The summed E-state index contributed by atoms with van der Waals surface area (Å²) in [5, 5.41) is 2.98. The van der Waals surface area contributed by atoms with Gasteiger partial charge in [0.25, 0.3) is 0 Å². The van der Waals surface area contributed by atoms with Crippen molar-refractivity contribution in [3.8, 4) is 11.5 Å². The van der Waals surface area contributed by atoms with Gasteiger partial charge in [0.1, 0.15) is 22.4 Å². The van der Waals surface area contributed by atoms with Crippen LogP contribution >= 0.6 is 23.2 Å². The predicted octanol–water partition coefficient (Wildman–Crippen LogP) is 6.31. The lowest BCUT2D eigenvalue weighted by Crippen LogP contribution is -2.45. The van der Waals surface area contributed by atoms with Gasteiger partial charge in [0, 0.05) is 10.7 Å². The zero-order chi connectivity index (χ0) is 25.5. The minimum Gasteiger partial charge on any atom is -0.457 e. The monoisotopic (exact) mass is 540 g/mol. The maximum absolute atomic E-state index is 13.2. The number of amides is 1. The Kier molecular flexibility index (Phi) is 8.28. The summed E-state index contributed by atoms with van der Waals surface area (Å²) < 4.78 is 34.5. The van der Waals surface area contributed by atoms with Gasteiger partial charge in [-0.25, -0.2) is 8.42 Å². The number of sulfonamides is 1. The third-order valence-corrected chi connectivity index (χ3v) is 7.37. The molecule has 0 saturated heterocycles. The van der Waals surface area contributed by atoms with E-state index in [0.29, 0.717) is 17.2 Å². The fourth-order valence-electron chi connectivity index (χ4n) is 3.43. The number of halogens is 2. The third kappa shape index (κ3) is 6.86. The molecule has 6 nitrogen and oxygen atoms in total. The number of carbonyl (C=O) groups is 1. The molecule has 0 radical (unpaired) electrons. The van der Waals surface area contributed by atoms with Crippen molar-refractivity contribution in [1.82, 2.24) is 4.72 Å². The molecule has 1 amide bonds. The molecule has 36 heavy (non-hydrogen) atoms.